The maximum Gasteiger partial charge on any atom is 0.225 e. The fraction of sp³-hybridized carbons (Fsp3) is 0.300. The van der Waals surface area contributed by atoms with E-state index in [2.05, 4.69) is 22.0 Å². The van der Waals surface area contributed by atoms with Crippen LogP contribution in [-0.4, -0.2) is 23.1 Å². The van der Waals surface area contributed by atoms with Crippen molar-refractivity contribution in [3.63, 3.8) is 0 Å². The zero-order valence-corrected chi connectivity index (χ0v) is 13.9. The predicted molar refractivity (Wildman–Crippen MR) is 96.0 cm³/mol. The van der Waals surface area contributed by atoms with E-state index in [4.69, 9.17) is 9.40 Å². The number of aromatic nitrogens is 2. The SMILES string of the molecule is Cc1occc1-c1nc(N2CCCCC2)ncc1-c1ccccc1. The molecule has 2 aromatic heterocycles. The van der Waals surface area contributed by atoms with Crippen molar-refractivity contribution in [1.82, 2.24) is 9.97 Å². The van der Waals surface area contributed by atoms with Gasteiger partial charge in [0.2, 0.25) is 5.95 Å². The standard InChI is InChI=1S/C20H21N3O/c1-15-17(10-13-24-15)19-18(16-8-4-2-5-9-16)14-21-20(22-19)23-11-6-3-7-12-23/h2,4-5,8-10,13-14H,3,6-7,11-12H2,1H3. The lowest BCUT2D eigenvalue weighted by molar-refractivity contribution is 0.535. The molecule has 1 aliphatic rings. The number of furan rings is 1. The molecule has 0 unspecified atom stereocenters. The molecule has 1 fully saturated rings. The minimum Gasteiger partial charge on any atom is -0.469 e. The van der Waals surface area contributed by atoms with Gasteiger partial charge in [-0.3, -0.25) is 0 Å². The molecule has 4 rings (SSSR count). The first-order valence-corrected chi connectivity index (χ1v) is 8.55. The third-order valence-corrected chi connectivity index (χ3v) is 4.61. The van der Waals surface area contributed by atoms with E-state index < -0.39 is 0 Å². The summed E-state index contributed by atoms with van der Waals surface area (Å²) in [5.41, 5.74) is 4.15. The average Bonchev–Trinajstić information content (AvgIpc) is 3.08. The highest BCUT2D eigenvalue weighted by atomic mass is 16.3. The second-order valence-corrected chi connectivity index (χ2v) is 6.24. The summed E-state index contributed by atoms with van der Waals surface area (Å²) in [5.74, 6) is 1.71. The van der Waals surface area contributed by atoms with Crippen molar-refractivity contribution >= 4 is 5.95 Å². The molecule has 122 valence electrons. The Morgan fingerprint density at radius 1 is 0.958 bits per heavy atom. The minimum absolute atomic E-state index is 0.824. The van der Waals surface area contributed by atoms with E-state index in [0.29, 0.717) is 0 Å². The van der Waals surface area contributed by atoms with Crippen LogP contribution >= 0.6 is 0 Å². The normalized spacial score (nSPS) is 14.8. The number of rotatable bonds is 3. The van der Waals surface area contributed by atoms with Gasteiger partial charge in [0.1, 0.15) is 5.76 Å². The monoisotopic (exact) mass is 319 g/mol. The molecule has 0 saturated carbocycles. The van der Waals surface area contributed by atoms with Crippen LogP contribution in [0.3, 0.4) is 0 Å². The number of piperidine rings is 1. The van der Waals surface area contributed by atoms with Gasteiger partial charge >= 0.3 is 0 Å². The number of hydrogen-bond donors (Lipinski definition) is 0. The fourth-order valence-electron chi connectivity index (χ4n) is 3.28. The van der Waals surface area contributed by atoms with E-state index in [0.717, 1.165) is 47.2 Å². The number of anilines is 1. The zero-order valence-electron chi connectivity index (χ0n) is 13.9. The van der Waals surface area contributed by atoms with Gasteiger partial charge in [0.05, 0.1) is 12.0 Å². The summed E-state index contributed by atoms with van der Waals surface area (Å²) in [6.07, 6.45) is 7.40. The summed E-state index contributed by atoms with van der Waals surface area (Å²) >= 11 is 0. The highest BCUT2D eigenvalue weighted by Gasteiger charge is 2.19. The van der Waals surface area contributed by atoms with Crippen LogP contribution in [0.4, 0.5) is 5.95 Å². The smallest absolute Gasteiger partial charge is 0.225 e. The van der Waals surface area contributed by atoms with Crippen LogP contribution in [0.5, 0.6) is 0 Å². The topological polar surface area (TPSA) is 42.2 Å². The molecule has 0 bridgehead atoms. The van der Waals surface area contributed by atoms with Crippen LogP contribution in [-0.2, 0) is 0 Å². The predicted octanol–water partition coefficient (Wildman–Crippen LogP) is 4.70. The van der Waals surface area contributed by atoms with E-state index in [1.54, 1.807) is 6.26 Å². The lowest BCUT2D eigenvalue weighted by atomic mass is 10.0. The molecule has 0 aliphatic carbocycles. The second-order valence-electron chi connectivity index (χ2n) is 6.24. The van der Waals surface area contributed by atoms with Crippen molar-refractivity contribution in [3.05, 3.63) is 54.6 Å². The minimum atomic E-state index is 0.824. The van der Waals surface area contributed by atoms with Crippen molar-refractivity contribution in [1.29, 1.82) is 0 Å². The average molecular weight is 319 g/mol. The maximum absolute atomic E-state index is 5.52. The number of aryl methyl sites for hydroxylation is 1. The summed E-state index contributed by atoms with van der Waals surface area (Å²) in [7, 11) is 0. The maximum atomic E-state index is 5.52. The summed E-state index contributed by atoms with van der Waals surface area (Å²) in [6, 6.07) is 12.3. The quantitative estimate of drug-likeness (QED) is 0.701. The molecular formula is C20H21N3O. The van der Waals surface area contributed by atoms with Crippen LogP contribution < -0.4 is 4.90 Å². The molecule has 4 nitrogen and oxygen atoms in total. The van der Waals surface area contributed by atoms with Crippen molar-refractivity contribution in [3.8, 4) is 22.4 Å². The third kappa shape index (κ3) is 2.80. The van der Waals surface area contributed by atoms with E-state index in [1.807, 2.05) is 37.4 Å². The van der Waals surface area contributed by atoms with Crippen LogP contribution in [0.15, 0.2) is 53.3 Å². The Hall–Kier alpha value is -2.62. The summed E-state index contributed by atoms with van der Waals surface area (Å²) < 4.78 is 5.52. The number of benzene rings is 1. The first kappa shape index (κ1) is 14.9. The fourth-order valence-corrected chi connectivity index (χ4v) is 3.28. The van der Waals surface area contributed by atoms with Crippen molar-refractivity contribution in [2.24, 2.45) is 0 Å². The van der Waals surface area contributed by atoms with Gasteiger partial charge in [-0.25, -0.2) is 9.97 Å². The summed E-state index contributed by atoms with van der Waals surface area (Å²) in [5, 5.41) is 0. The van der Waals surface area contributed by atoms with E-state index >= 15 is 0 Å². The Kier molecular flexibility index (Phi) is 4.03. The molecule has 1 saturated heterocycles. The molecular weight excluding hydrogens is 298 g/mol. The van der Waals surface area contributed by atoms with E-state index in [1.165, 1.54) is 19.3 Å². The van der Waals surface area contributed by atoms with Gasteiger partial charge in [0, 0.05) is 30.4 Å². The molecule has 1 aliphatic heterocycles. The second kappa shape index (κ2) is 6.48. The Morgan fingerprint density at radius 2 is 1.75 bits per heavy atom. The molecule has 0 N–H and O–H groups in total. The molecule has 0 radical (unpaired) electrons. The lowest BCUT2D eigenvalue weighted by Crippen LogP contribution is -2.31. The van der Waals surface area contributed by atoms with E-state index in [9.17, 15) is 0 Å². The number of hydrogen-bond acceptors (Lipinski definition) is 4. The van der Waals surface area contributed by atoms with Gasteiger partial charge in [-0.1, -0.05) is 30.3 Å². The molecule has 1 aromatic carbocycles. The molecule has 0 atom stereocenters. The Bertz CT molecular complexity index is 820. The van der Waals surface area contributed by atoms with E-state index in [-0.39, 0.29) is 0 Å². The van der Waals surface area contributed by atoms with Crippen LogP contribution in [0, 0.1) is 6.92 Å². The Labute approximate surface area is 142 Å². The molecule has 3 heterocycles. The number of nitrogens with zero attached hydrogens (tertiary/aromatic N) is 3. The zero-order chi connectivity index (χ0) is 16.4. The summed E-state index contributed by atoms with van der Waals surface area (Å²) in [4.78, 5) is 11.9. The van der Waals surface area contributed by atoms with Crippen LogP contribution in [0.2, 0.25) is 0 Å². The van der Waals surface area contributed by atoms with Crippen LogP contribution in [0.1, 0.15) is 25.0 Å². The van der Waals surface area contributed by atoms with Gasteiger partial charge in [0.15, 0.2) is 0 Å². The third-order valence-electron chi connectivity index (χ3n) is 4.61. The van der Waals surface area contributed by atoms with Gasteiger partial charge in [0.25, 0.3) is 0 Å². The van der Waals surface area contributed by atoms with Gasteiger partial charge in [-0.2, -0.15) is 0 Å². The van der Waals surface area contributed by atoms with Gasteiger partial charge in [-0.15, -0.1) is 0 Å². The Balaban J connectivity index is 1.83. The highest BCUT2D eigenvalue weighted by Crippen LogP contribution is 2.33. The van der Waals surface area contributed by atoms with Crippen molar-refractivity contribution in [2.75, 3.05) is 18.0 Å². The van der Waals surface area contributed by atoms with Crippen molar-refractivity contribution in [2.45, 2.75) is 26.2 Å². The lowest BCUT2D eigenvalue weighted by Gasteiger charge is -2.27. The largest absolute Gasteiger partial charge is 0.469 e. The first-order chi connectivity index (χ1) is 11.8. The molecule has 0 amide bonds. The van der Waals surface area contributed by atoms with Gasteiger partial charge < -0.3 is 9.32 Å². The Morgan fingerprint density at radius 3 is 2.46 bits per heavy atom. The van der Waals surface area contributed by atoms with Crippen molar-refractivity contribution < 1.29 is 4.42 Å². The van der Waals surface area contributed by atoms with Gasteiger partial charge in [-0.05, 0) is 37.8 Å². The molecule has 0 spiro atoms. The molecule has 4 heteroatoms. The highest BCUT2D eigenvalue weighted by molar-refractivity contribution is 5.81. The molecule has 24 heavy (non-hydrogen) atoms. The first-order valence-electron chi connectivity index (χ1n) is 8.55. The van der Waals surface area contributed by atoms with Crippen LogP contribution in [0.25, 0.3) is 22.4 Å². The molecule has 3 aromatic rings. The summed E-state index contributed by atoms with van der Waals surface area (Å²) in [6.45, 7) is 4.05.